The number of rotatable bonds is 8. The third-order valence-electron chi connectivity index (χ3n) is 2.37. The molecule has 0 aromatic carbocycles. The van der Waals surface area contributed by atoms with E-state index in [4.69, 9.17) is 10.5 Å². The van der Waals surface area contributed by atoms with Gasteiger partial charge in [-0.1, -0.05) is 0 Å². The van der Waals surface area contributed by atoms with Crippen LogP contribution in [0.4, 0.5) is 0 Å². The molecular formula is C11H24N2O4S. The van der Waals surface area contributed by atoms with Crippen molar-refractivity contribution in [3.8, 4) is 0 Å². The van der Waals surface area contributed by atoms with Crippen molar-refractivity contribution in [2.75, 3.05) is 32.2 Å². The van der Waals surface area contributed by atoms with Crippen molar-refractivity contribution < 1.29 is 17.9 Å². The molecule has 0 aliphatic carbocycles. The number of hydrogen-bond acceptors (Lipinski definition) is 5. The molecule has 0 aliphatic rings. The standard InChI is InChI=1S/C11H24N2O4S/c1-9(2)17-7-6-13(3)11(14)10(12)5-8-18(4,15)16/h9-10H,5-8,12H2,1-4H3. The monoisotopic (exact) mass is 280 g/mol. The maximum absolute atomic E-state index is 11.8. The fourth-order valence-corrected chi connectivity index (χ4v) is 1.97. The van der Waals surface area contributed by atoms with Gasteiger partial charge in [-0.2, -0.15) is 0 Å². The highest BCUT2D eigenvalue weighted by Crippen LogP contribution is 1.99. The van der Waals surface area contributed by atoms with Crippen LogP contribution in [0.2, 0.25) is 0 Å². The molecule has 0 bridgehead atoms. The van der Waals surface area contributed by atoms with E-state index in [1.165, 1.54) is 4.90 Å². The fraction of sp³-hybridized carbons (Fsp3) is 0.909. The molecule has 1 amide bonds. The molecule has 7 heteroatoms. The summed E-state index contributed by atoms with van der Waals surface area (Å²) in [6.45, 7) is 4.72. The van der Waals surface area contributed by atoms with Gasteiger partial charge in [0.1, 0.15) is 9.84 Å². The van der Waals surface area contributed by atoms with Crippen LogP contribution in [0.1, 0.15) is 20.3 Å². The lowest BCUT2D eigenvalue weighted by Gasteiger charge is -2.21. The summed E-state index contributed by atoms with van der Waals surface area (Å²) in [5.41, 5.74) is 5.66. The van der Waals surface area contributed by atoms with Crippen molar-refractivity contribution in [2.45, 2.75) is 32.4 Å². The summed E-state index contributed by atoms with van der Waals surface area (Å²) in [6, 6.07) is -0.774. The number of nitrogens with two attached hydrogens (primary N) is 1. The molecule has 0 aromatic heterocycles. The highest BCUT2D eigenvalue weighted by molar-refractivity contribution is 7.90. The third-order valence-corrected chi connectivity index (χ3v) is 3.35. The van der Waals surface area contributed by atoms with E-state index in [0.717, 1.165) is 6.26 Å². The zero-order valence-corrected chi connectivity index (χ0v) is 12.4. The van der Waals surface area contributed by atoms with E-state index in [9.17, 15) is 13.2 Å². The van der Waals surface area contributed by atoms with Gasteiger partial charge in [-0.3, -0.25) is 4.79 Å². The molecule has 0 rings (SSSR count). The Morgan fingerprint density at radius 2 is 1.94 bits per heavy atom. The van der Waals surface area contributed by atoms with Crippen molar-refractivity contribution in [2.24, 2.45) is 5.73 Å². The first kappa shape index (κ1) is 17.3. The van der Waals surface area contributed by atoms with Crippen LogP contribution < -0.4 is 5.73 Å². The average Bonchev–Trinajstić information content (AvgIpc) is 2.23. The predicted molar refractivity (Wildman–Crippen MR) is 71.0 cm³/mol. The average molecular weight is 280 g/mol. The summed E-state index contributed by atoms with van der Waals surface area (Å²) >= 11 is 0. The van der Waals surface area contributed by atoms with Crippen LogP contribution in [0.25, 0.3) is 0 Å². The lowest BCUT2D eigenvalue weighted by atomic mass is 10.2. The SMILES string of the molecule is CC(C)OCCN(C)C(=O)C(N)CCS(C)(=O)=O. The Kier molecular flexibility index (Phi) is 7.42. The number of carbonyl (C=O) groups excluding carboxylic acids is 1. The highest BCUT2D eigenvalue weighted by atomic mass is 32.2. The predicted octanol–water partition coefficient (Wildman–Crippen LogP) is -0.368. The smallest absolute Gasteiger partial charge is 0.239 e. The van der Waals surface area contributed by atoms with E-state index >= 15 is 0 Å². The lowest BCUT2D eigenvalue weighted by molar-refractivity contribution is -0.132. The molecule has 0 fully saturated rings. The summed E-state index contributed by atoms with van der Waals surface area (Å²) in [5.74, 6) is -0.332. The second kappa shape index (κ2) is 7.70. The van der Waals surface area contributed by atoms with Gasteiger partial charge in [0.25, 0.3) is 0 Å². The van der Waals surface area contributed by atoms with Crippen molar-refractivity contribution in [1.29, 1.82) is 0 Å². The molecule has 2 N–H and O–H groups in total. The quantitative estimate of drug-likeness (QED) is 0.655. The molecule has 0 aromatic rings. The third kappa shape index (κ3) is 8.43. The van der Waals surface area contributed by atoms with Crippen LogP contribution in [0.5, 0.6) is 0 Å². The molecule has 0 saturated carbocycles. The summed E-state index contributed by atoms with van der Waals surface area (Å²) in [5, 5.41) is 0. The molecule has 1 unspecified atom stereocenters. The van der Waals surface area contributed by atoms with Gasteiger partial charge in [-0.15, -0.1) is 0 Å². The van der Waals surface area contributed by atoms with Crippen LogP contribution in [0.15, 0.2) is 0 Å². The number of likely N-dealkylation sites (N-methyl/N-ethyl adjacent to an activating group) is 1. The minimum Gasteiger partial charge on any atom is -0.377 e. The fourth-order valence-electron chi connectivity index (χ4n) is 1.28. The number of sulfone groups is 1. The van der Waals surface area contributed by atoms with E-state index in [0.29, 0.717) is 13.2 Å². The van der Waals surface area contributed by atoms with Crippen molar-refractivity contribution in [1.82, 2.24) is 4.90 Å². The minimum atomic E-state index is -3.08. The number of amides is 1. The topological polar surface area (TPSA) is 89.7 Å². The zero-order chi connectivity index (χ0) is 14.3. The molecule has 0 spiro atoms. The number of hydrogen-bond donors (Lipinski definition) is 1. The molecule has 0 radical (unpaired) electrons. The molecule has 0 saturated heterocycles. The van der Waals surface area contributed by atoms with Gasteiger partial charge in [-0.05, 0) is 20.3 Å². The largest absolute Gasteiger partial charge is 0.377 e. The number of ether oxygens (including phenoxy) is 1. The first-order valence-corrected chi connectivity index (χ1v) is 7.99. The maximum Gasteiger partial charge on any atom is 0.239 e. The highest BCUT2D eigenvalue weighted by Gasteiger charge is 2.19. The second-order valence-electron chi connectivity index (χ2n) is 4.70. The van der Waals surface area contributed by atoms with Gasteiger partial charge in [-0.25, -0.2) is 8.42 Å². The van der Waals surface area contributed by atoms with Gasteiger partial charge in [0.05, 0.1) is 24.5 Å². The maximum atomic E-state index is 11.8. The Morgan fingerprint density at radius 3 is 2.39 bits per heavy atom. The van der Waals surface area contributed by atoms with E-state index in [-0.39, 0.29) is 24.2 Å². The Bertz CT molecular complexity index is 354. The van der Waals surface area contributed by atoms with Crippen molar-refractivity contribution in [3.05, 3.63) is 0 Å². The number of nitrogens with zero attached hydrogens (tertiary/aromatic N) is 1. The van der Waals surface area contributed by atoms with Gasteiger partial charge in [0, 0.05) is 19.8 Å². The molecular weight excluding hydrogens is 256 g/mol. The number of carbonyl (C=O) groups is 1. The van der Waals surface area contributed by atoms with E-state index < -0.39 is 15.9 Å². The molecule has 18 heavy (non-hydrogen) atoms. The summed E-state index contributed by atoms with van der Waals surface area (Å²) in [4.78, 5) is 13.3. The van der Waals surface area contributed by atoms with Gasteiger partial charge in [0.15, 0.2) is 0 Å². The second-order valence-corrected chi connectivity index (χ2v) is 6.96. The van der Waals surface area contributed by atoms with Crippen LogP contribution in [0.3, 0.4) is 0 Å². The lowest BCUT2D eigenvalue weighted by Crippen LogP contribution is -2.43. The van der Waals surface area contributed by atoms with E-state index in [1.807, 2.05) is 13.8 Å². The van der Waals surface area contributed by atoms with E-state index in [1.54, 1.807) is 7.05 Å². The van der Waals surface area contributed by atoms with Gasteiger partial charge < -0.3 is 15.4 Å². The molecule has 108 valence electrons. The zero-order valence-electron chi connectivity index (χ0n) is 11.5. The molecule has 1 atom stereocenters. The van der Waals surface area contributed by atoms with Crippen LogP contribution >= 0.6 is 0 Å². The van der Waals surface area contributed by atoms with E-state index in [2.05, 4.69) is 0 Å². The first-order valence-electron chi connectivity index (χ1n) is 5.93. The van der Waals surface area contributed by atoms with Gasteiger partial charge in [0.2, 0.25) is 5.91 Å². The van der Waals surface area contributed by atoms with Crippen LogP contribution in [-0.2, 0) is 19.4 Å². The van der Waals surface area contributed by atoms with Crippen LogP contribution in [0, 0.1) is 0 Å². The molecule has 0 heterocycles. The Hall–Kier alpha value is -0.660. The first-order chi connectivity index (χ1) is 8.13. The Morgan fingerprint density at radius 1 is 1.39 bits per heavy atom. The molecule has 0 aliphatic heterocycles. The summed E-state index contributed by atoms with van der Waals surface area (Å²) in [7, 11) is -1.45. The Labute approximate surface area is 109 Å². The van der Waals surface area contributed by atoms with Crippen molar-refractivity contribution in [3.63, 3.8) is 0 Å². The summed E-state index contributed by atoms with van der Waals surface area (Å²) < 4.78 is 27.3. The summed E-state index contributed by atoms with van der Waals surface area (Å²) in [6.07, 6.45) is 1.39. The Balaban J connectivity index is 4.04. The molecule has 6 nitrogen and oxygen atoms in total. The van der Waals surface area contributed by atoms with Crippen LogP contribution in [-0.4, -0.2) is 63.6 Å². The van der Waals surface area contributed by atoms with Gasteiger partial charge >= 0.3 is 0 Å². The van der Waals surface area contributed by atoms with Crippen molar-refractivity contribution >= 4 is 15.7 Å². The minimum absolute atomic E-state index is 0.0732. The normalized spacial score (nSPS) is 13.7.